The molecule has 0 saturated carbocycles. The molecule has 6 nitrogen and oxygen atoms in total. The van der Waals surface area contributed by atoms with Crippen LogP contribution in [0.5, 0.6) is 5.75 Å². The average Bonchev–Trinajstić information content (AvgIpc) is 3.38. The number of nitrogens with zero attached hydrogens (tertiary/aromatic N) is 1. The Balaban J connectivity index is 1.14. The lowest BCUT2D eigenvalue weighted by Gasteiger charge is -2.13. The summed E-state index contributed by atoms with van der Waals surface area (Å²) in [5.74, 6) is 0.744. The van der Waals surface area contributed by atoms with Gasteiger partial charge in [0.2, 0.25) is 5.91 Å². The first-order valence-electron chi connectivity index (χ1n) is 12.5. The first-order chi connectivity index (χ1) is 19.0. The summed E-state index contributed by atoms with van der Waals surface area (Å²) in [5, 5.41) is 5.98. The van der Waals surface area contributed by atoms with E-state index in [9.17, 15) is 9.59 Å². The second kappa shape index (κ2) is 12.6. The molecule has 2 amide bonds. The molecule has 1 heterocycles. The normalized spacial score (nSPS) is 11.6. The summed E-state index contributed by atoms with van der Waals surface area (Å²) in [4.78, 5) is 29.9. The summed E-state index contributed by atoms with van der Waals surface area (Å²) in [6, 6.07) is 32.5. The van der Waals surface area contributed by atoms with Gasteiger partial charge in [-0.15, -0.1) is 11.3 Å². The predicted molar refractivity (Wildman–Crippen MR) is 159 cm³/mol. The number of nitrogens with one attached hydrogen (secondary N) is 2. The van der Waals surface area contributed by atoms with E-state index in [2.05, 4.69) is 15.6 Å². The zero-order valence-electron chi connectivity index (χ0n) is 21.3. The third kappa shape index (κ3) is 7.25. The minimum absolute atomic E-state index is 0.0416. The lowest BCUT2D eigenvalue weighted by molar-refractivity contribution is -0.119. The molecule has 8 heteroatoms. The highest BCUT2D eigenvalue weighted by Gasteiger charge is 2.13. The van der Waals surface area contributed by atoms with E-state index in [0.717, 1.165) is 25.7 Å². The van der Waals surface area contributed by atoms with Crippen LogP contribution in [0.3, 0.4) is 0 Å². The maximum Gasteiger partial charge on any atom is 0.255 e. The molecule has 0 unspecified atom stereocenters. The number of anilines is 1. The second-order valence-corrected chi connectivity index (χ2v) is 11.2. The number of amides is 2. The molecule has 0 fully saturated rings. The SMILES string of the molecule is C[C@H](NC(=O)CSc1nc2ccc(NC(=O)c3ccc(OCc4ccccc4)cc3)cc2s1)c1ccccc1. The van der Waals surface area contributed by atoms with E-state index in [4.69, 9.17) is 4.74 Å². The fourth-order valence-corrected chi connectivity index (χ4v) is 5.84. The molecule has 1 aromatic heterocycles. The summed E-state index contributed by atoms with van der Waals surface area (Å²) in [6.07, 6.45) is 0. The van der Waals surface area contributed by atoms with E-state index in [1.54, 1.807) is 24.3 Å². The van der Waals surface area contributed by atoms with Crippen molar-refractivity contribution in [2.24, 2.45) is 0 Å². The third-order valence-electron chi connectivity index (χ3n) is 6.00. The summed E-state index contributed by atoms with van der Waals surface area (Å²) in [5.41, 5.74) is 4.21. The lowest BCUT2D eigenvalue weighted by atomic mass is 10.1. The number of fused-ring (bicyclic) bond motifs is 1. The minimum atomic E-state index is -0.202. The molecule has 0 aliphatic heterocycles. The number of thioether (sulfide) groups is 1. The van der Waals surface area contributed by atoms with Gasteiger partial charge < -0.3 is 15.4 Å². The molecule has 0 spiro atoms. The standard InChI is InChI=1S/C31H27N3O3S2/c1-21(23-10-6-3-7-11-23)32-29(35)20-38-31-34-27-17-14-25(18-28(27)39-31)33-30(36)24-12-15-26(16-13-24)37-19-22-8-4-2-5-9-22/h2-18,21H,19-20H2,1H3,(H,32,35)(H,33,36)/t21-/m0/s1. The number of aromatic nitrogens is 1. The van der Waals surface area contributed by atoms with Gasteiger partial charge in [-0.1, -0.05) is 72.4 Å². The van der Waals surface area contributed by atoms with Gasteiger partial charge in [0, 0.05) is 11.3 Å². The third-order valence-corrected chi connectivity index (χ3v) is 8.16. The van der Waals surface area contributed by atoms with Crippen molar-refractivity contribution in [1.82, 2.24) is 10.3 Å². The van der Waals surface area contributed by atoms with E-state index < -0.39 is 0 Å². The van der Waals surface area contributed by atoms with Crippen molar-refractivity contribution in [2.45, 2.75) is 23.9 Å². The fourth-order valence-electron chi connectivity index (χ4n) is 3.93. The first kappa shape index (κ1) is 26.5. The highest BCUT2D eigenvalue weighted by atomic mass is 32.2. The number of thiazole rings is 1. The van der Waals surface area contributed by atoms with Gasteiger partial charge in [0.25, 0.3) is 5.91 Å². The van der Waals surface area contributed by atoms with Crippen molar-refractivity contribution in [1.29, 1.82) is 0 Å². The monoisotopic (exact) mass is 553 g/mol. The fraction of sp³-hybridized carbons (Fsp3) is 0.129. The van der Waals surface area contributed by atoms with Gasteiger partial charge in [-0.05, 0) is 60.5 Å². The Morgan fingerprint density at radius 3 is 2.38 bits per heavy atom. The molecule has 196 valence electrons. The maximum absolute atomic E-state index is 12.8. The van der Waals surface area contributed by atoms with Crippen LogP contribution in [-0.4, -0.2) is 22.6 Å². The number of hydrogen-bond donors (Lipinski definition) is 2. The molecular weight excluding hydrogens is 526 g/mol. The minimum Gasteiger partial charge on any atom is -0.489 e. The van der Waals surface area contributed by atoms with Crippen LogP contribution in [-0.2, 0) is 11.4 Å². The first-order valence-corrected chi connectivity index (χ1v) is 14.3. The van der Waals surface area contributed by atoms with Crippen LogP contribution >= 0.6 is 23.1 Å². The van der Waals surface area contributed by atoms with Crippen molar-refractivity contribution in [2.75, 3.05) is 11.1 Å². The van der Waals surface area contributed by atoms with Gasteiger partial charge in [-0.2, -0.15) is 0 Å². The second-order valence-electron chi connectivity index (χ2n) is 8.90. The lowest BCUT2D eigenvalue weighted by Crippen LogP contribution is -2.28. The molecule has 5 aromatic rings. The van der Waals surface area contributed by atoms with Crippen LogP contribution in [0.4, 0.5) is 5.69 Å². The van der Waals surface area contributed by atoms with Crippen molar-refractivity contribution in [3.8, 4) is 5.75 Å². The van der Waals surface area contributed by atoms with E-state index in [-0.39, 0.29) is 23.6 Å². The number of ether oxygens (including phenoxy) is 1. The molecule has 0 bridgehead atoms. The largest absolute Gasteiger partial charge is 0.489 e. The van der Waals surface area contributed by atoms with Crippen molar-refractivity contribution < 1.29 is 14.3 Å². The Labute approximate surface area is 235 Å². The smallest absolute Gasteiger partial charge is 0.255 e. The Morgan fingerprint density at radius 1 is 0.923 bits per heavy atom. The molecule has 0 aliphatic rings. The van der Waals surface area contributed by atoms with Crippen molar-refractivity contribution in [3.05, 3.63) is 120 Å². The van der Waals surface area contributed by atoms with Crippen LogP contribution in [0.15, 0.2) is 107 Å². The highest BCUT2D eigenvalue weighted by molar-refractivity contribution is 8.01. The molecule has 1 atom stereocenters. The molecule has 4 aromatic carbocycles. The van der Waals surface area contributed by atoms with Crippen molar-refractivity contribution in [3.63, 3.8) is 0 Å². The number of hydrogen-bond acceptors (Lipinski definition) is 6. The van der Waals surface area contributed by atoms with E-state index in [1.165, 1.54) is 23.1 Å². The van der Waals surface area contributed by atoms with Crippen molar-refractivity contribution >= 4 is 50.8 Å². The van der Waals surface area contributed by atoms with Gasteiger partial charge in [-0.25, -0.2) is 4.98 Å². The van der Waals surface area contributed by atoms with Crippen LogP contribution in [0.2, 0.25) is 0 Å². The number of benzene rings is 4. The predicted octanol–water partition coefficient (Wildman–Crippen LogP) is 7.10. The van der Waals surface area contributed by atoms with E-state index in [1.807, 2.05) is 85.8 Å². The Hall–Kier alpha value is -4.14. The van der Waals surface area contributed by atoms with E-state index in [0.29, 0.717) is 23.6 Å². The molecule has 39 heavy (non-hydrogen) atoms. The maximum atomic E-state index is 12.8. The van der Waals surface area contributed by atoms with E-state index >= 15 is 0 Å². The number of rotatable bonds is 10. The zero-order chi connectivity index (χ0) is 27.0. The van der Waals surface area contributed by atoms with Gasteiger partial charge in [0.1, 0.15) is 12.4 Å². The quantitative estimate of drug-likeness (QED) is 0.180. The molecule has 0 saturated heterocycles. The van der Waals surface area contributed by atoms with Gasteiger partial charge in [-0.3, -0.25) is 9.59 Å². The van der Waals surface area contributed by atoms with Gasteiger partial charge >= 0.3 is 0 Å². The topological polar surface area (TPSA) is 80.3 Å². The van der Waals surface area contributed by atoms with Crippen LogP contribution < -0.4 is 15.4 Å². The summed E-state index contributed by atoms with van der Waals surface area (Å²) in [6.45, 7) is 2.44. The van der Waals surface area contributed by atoms with Gasteiger partial charge in [0.05, 0.1) is 22.0 Å². The molecule has 2 N–H and O–H groups in total. The summed E-state index contributed by atoms with van der Waals surface area (Å²) >= 11 is 2.91. The molecular formula is C31H27N3O3S2. The Morgan fingerprint density at radius 2 is 1.64 bits per heavy atom. The zero-order valence-corrected chi connectivity index (χ0v) is 22.9. The Kier molecular flexibility index (Phi) is 8.55. The van der Waals surface area contributed by atoms with Crippen LogP contribution in [0.1, 0.15) is 34.5 Å². The Bertz CT molecular complexity index is 1560. The number of carbonyl (C=O) groups is 2. The molecule has 0 aliphatic carbocycles. The van der Waals surface area contributed by atoms with Gasteiger partial charge in [0.15, 0.2) is 4.34 Å². The van der Waals surface area contributed by atoms with Crippen LogP contribution in [0, 0.1) is 0 Å². The average molecular weight is 554 g/mol. The summed E-state index contributed by atoms with van der Waals surface area (Å²) in [7, 11) is 0. The number of carbonyl (C=O) groups excluding carboxylic acids is 2. The van der Waals surface area contributed by atoms with Crippen LogP contribution in [0.25, 0.3) is 10.2 Å². The molecule has 5 rings (SSSR count). The summed E-state index contributed by atoms with van der Waals surface area (Å²) < 4.78 is 7.55. The molecule has 0 radical (unpaired) electrons. The highest BCUT2D eigenvalue weighted by Crippen LogP contribution is 2.31.